The molecule has 0 saturated heterocycles. The first-order valence-electron chi connectivity index (χ1n) is 8.52. The average Bonchev–Trinajstić information content (AvgIpc) is 2.71. The van der Waals surface area contributed by atoms with Crippen molar-refractivity contribution < 1.29 is 14.3 Å². The molecule has 0 fully saturated rings. The van der Waals surface area contributed by atoms with Crippen LogP contribution in [0.4, 0.5) is 5.69 Å². The fourth-order valence-corrected chi connectivity index (χ4v) is 2.43. The van der Waals surface area contributed by atoms with Crippen LogP contribution < -0.4 is 10.6 Å². The highest BCUT2D eigenvalue weighted by Gasteiger charge is 2.15. The molecule has 6 heteroatoms. The number of hydrogen-bond acceptors (Lipinski definition) is 5. The largest absolute Gasteiger partial charge is 0.465 e. The van der Waals surface area contributed by atoms with Crippen LogP contribution in [-0.2, 0) is 16.0 Å². The molecule has 0 bridgehead atoms. The number of nitrogens with zero attached hydrogens (tertiary/aromatic N) is 1. The number of hydrogen-bond donors (Lipinski definition) is 2. The smallest absolute Gasteiger partial charge is 0.339 e. The Balaban J connectivity index is 1.91. The van der Waals surface area contributed by atoms with Gasteiger partial charge in [-0.3, -0.25) is 4.79 Å². The van der Waals surface area contributed by atoms with E-state index in [-0.39, 0.29) is 11.1 Å². The fraction of sp³-hybridized carbons (Fsp3) is 0.190. The summed E-state index contributed by atoms with van der Waals surface area (Å²) in [5.41, 5.74) is 1.68. The Kier molecular flexibility index (Phi) is 7.61. The number of esters is 1. The van der Waals surface area contributed by atoms with Crippen molar-refractivity contribution in [1.82, 2.24) is 5.32 Å². The molecule has 0 heterocycles. The summed E-state index contributed by atoms with van der Waals surface area (Å²) in [6, 6.07) is 18.4. The molecule has 0 aliphatic carbocycles. The van der Waals surface area contributed by atoms with Gasteiger partial charge in [0, 0.05) is 12.7 Å². The minimum Gasteiger partial charge on any atom is -0.465 e. The monoisotopic (exact) mass is 363 g/mol. The Hall–Kier alpha value is -3.59. The van der Waals surface area contributed by atoms with Gasteiger partial charge in [0.05, 0.1) is 18.4 Å². The number of anilines is 1. The van der Waals surface area contributed by atoms with E-state index >= 15 is 0 Å². The summed E-state index contributed by atoms with van der Waals surface area (Å²) in [4.78, 5) is 24.0. The van der Waals surface area contributed by atoms with Crippen molar-refractivity contribution in [3.05, 3.63) is 77.5 Å². The SMILES string of the molecule is COC(=O)c1ccccc1NC(=O)/C(C#N)=C\NCCCc1ccccc1. The molecule has 0 aliphatic rings. The fourth-order valence-electron chi connectivity index (χ4n) is 2.43. The summed E-state index contributed by atoms with van der Waals surface area (Å²) in [5, 5.41) is 14.8. The van der Waals surface area contributed by atoms with Gasteiger partial charge in [-0.15, -0.1) is 0 Å². The third kappa shape index (κ3) is 6.01. The van der Waals surface area contributed by atoms with Gasteiger partial charge >= 0.3 is 5.97 Å². The molecule has 2 aromatic carbocycles. The van der Waals surface area contributed by atoms with Crippen LogP contribution in [0, 0.1) is 11.3 Å². The molecule has 0 aromatic heterocycles. The number of carbonyl (C=O) groups excluding carboxylic acids is 2. The number of nitrogens with one attached hydrogen (secondary N) is 2. The highest BCUT2D eigenvalue weighted by molar-refractivity contribution is 6.09. The molecule has 1 amide bonds. The highest BCUT2D eigenvalue weighted by Crippen LogP contribution is 2.16. The van der Waals surface area contributed by atoms with Gasteiger partial charge in [0.1, 0.15) is 11.6 Å². The predicted molar refractivity (Wildman–Crippen MR) is 103 cm³/mol. The third-order valence-electron chi connectivity index (χ3n) is 3.82. The zero-order valence-corrected chi connectivity index (χ0v) is 15.1. The molecule has 2 N–H and O–H groups in total. The second-order valence-corrected chi connectivity index (χ2v) is 5.70. The molecule has 0 atom stereocenters. The summed E-state index contributed by atoms with van der Waals surface area (Å²) in [6.07, 6.45) is 3.16. The zero-order chi connectivity index (χ0) is 19.5. The summed E-state index contributed by atoms with van der Waals surface area (Å²) in [6.45, 7) is 0.631. The van der Waals surface area contributed by atoms with Gasteiger partial charge in [-0.25, -0.2) is 4.79 Å². The minimum absolute atomic E-state index is 0.0746. The zero-order valence-electron chi connectivity index (χ0n) is 15.1. The van der Waals surface area contributed by atoms with Gasteiger partial charge in [-0.2, -0.15) is 5.26 Å². The van der Waals surface area contributed by atoms with Gasteiger partial charge < -0.3 is 15.4 Å². The molecular formula is C21H21N3O3. The molecule has 2 rings (SSSR count). The lowest BCUT2D eigenvalue weighted by molar-refractivity contribution is -0.112. The minimum atomic E-state index is -0.593. The third-order valence-corrected chi connectivity index (χ3v) is 3.82. The van der Waals surface area contributed by atoms with Gasteiger partial charge in [-0.1, -0.05) is 42.5 Å². The van der Waals surface area contributed by atoms with E-state index < -0.39 is 11.9 Å². The van der Waals surface area contributed by atoms with Gasteiger partial charge in [0.2, 0.25) is 0 Å². The summed E-state index contributed by atoms with van der Waals surface area (Å²) in [7, 11) is 1.26. The lowest BCUT2D eigenvalue weighted by Crippen LogP contribution is -2.19. The van der Waals surface area contributed by atoms with Crippen LogP contribution >= 0.6 is 0 Å². The van der Waals surface area contributed by atoms with E-state index in [0.717, 1.165) is 12.8 Å². The molecule has 0 radical (unpaired) electrons. The van der Waals surface area contributed by atoms with Crippen molar-refractivity contribution in [2.24, 2.45) is 0 Å². The van der Waals surface area contributed by atoms with E-state index in [1.54, 1.807) is 24.3 Å². The Morgan fingerprint density at radius 3 is 2.52 bits per heavy atom. The van der Waals surface area contributed by atoms with E-state index in [2.05, 4.69) is 22.8 Å². The predicted octanol–water partition coefficient (Wildman–Crippen LogP) is 3.04. The van der Waals surface area contributed by atoms with Crippen LogP contribution in [0.1, 0.15) is 22.3 Å². The van der Waals surface area contributed by atoms with Crippen molar-refractivity contribution in [3.8, 4) is 6.07 Å². The van der Waals surface area contributed by atoms with Gasteiger partial charge in [0.25, 0.3) is 5.91 Å². The van der Waals surface area contributed by atoms with Crippen LogP contribution in [-0.4, -0.2) is 25.5 Å². The number of benzene rings is 2. The molecule has 27 heavy (non-hydrogen) atoms. The Bertz CT molecular complexity index is 854. The highest BCUT2D eigenvalue weighted by atomic mass is 16.5. The molecule has 6 nitrogen and oxygen atoms in total. The van der Waals surface area contributed by atoms with Crippen LogP contribution in [0.25, 0.3) is 0 Å². The lowest BCUT2D eigenvalue weighted by Gasteiger charge is -2.09. The molecule has 0 aliphatic heterocycles. The molecule has 138 valence electrons. The number of aryl methyl sites for hydroxylation is 1. The molecule has 0 saturated carbocycles. The van der Waals surface area contributed by atoms with Crippen LogP contribution in [0.15, 0.2) is 66.4 Å². The van der Waals surface area contributed by atoms with Crippen molar-refractivity contribution in [1.29, 1.82) is 5.26 Å². The topological polar surface area (TPSA) is 91.2 Å². The number of carbonyl (C=O) groups is 2. The Labute approximate surface area is 158 Å². The molecule has 0 unspecified atom stereocenters. The summed E-state index contributed by atoms with van der Waals surface area (Å²) >= 11 is 0. The van der Waals surface area contributed by atoms with Gasteiger partial charge in [0.15, 0.2) is 0 Å². The molecule has 0 spiro atoms. The lowest BCUT2D eigenvalue weighted by atomic mass is 10.1. The van der Waals surface area contributed by atoms with E-state index in [9.17, 15) is 14.9 Å². The first kappa shape index (κ1) is 19.7. The standard InChI is InChI=1S/C21H21N3O3/c1-27-21(26)18-11-5-6-12-19(18)24-20(25)17(14-22)15-23-13-7-10-16-8-3-2-4-9-16/h2-6,8-9,11-12,15,23H,7,10,13H2,1H3,(H,24,25)/b17-15-. The maximum atomic E-state index is 12.3. The first-order valence-corrected chi connectivity index (χ1v) is 8.52. The number of rotatable bonds is 8. The number of amides is 1. The maximum Gasteiger partial charge on any atom is 0.339 e. The summed E-state index contributed by atoms with van der Waals surface area (Å²) in [5.74, 6) is -1.16. The average molecular weight is 363 g/mol. The van der Waals surface area contributed by atoms with E-state index in [4.69, 9.17) is 4.74 Å². The van der Waals surface area contributed by atoms with Crippen molar-refractivity contribution in [3.63, 3.8) is 0 Å². The number of para-hydroxylation sites is 1. The van der Waals surface area contributed by atoms with Crippen molar-refractivity contribution in [2.75, 3.05) is 19.0 Å². The first-order chi connectivity index (χ1) is 13.2. The second kappa shape index (κ2) is 10.4. The normalized spacial score (nSPS) is 10.6. The number of ether oxygens (including phenoxy) is 1. The molecular weight excluding hydrogens is 342 g/mol. The van der Waals surface area contributed by atoms with Crippen LogP contribution in [0.5, 0.6) is 0 Å². The number of nitriles is 1. The Morgan fingerprint density at radius 2 is 1.81 bits per heavy atom. The van der Waals surface area contributed by atoms with Gasteiger partial charge in [-0.05, 0) is 30.5 Å². The molecule has 2 aromatic rings. The van der Waals surface area contributed by atoms with Crippen molar-refractivity contribution in [2.45, 2.75) is 12.8 Å². The van der Waals surface area contributed by atoms with E-state index in [1.165, 1.54) is 18.9 Å². The maximum absolute atomic E-state index is 12.3. The van der Waals surface area contributed by atoms with E-state index in [1.807, 2.05) is 24.3 Å². The number of methoxy groups -OCH3 is 1. The Morgan fingerprint density at radius 1 is 1.11 bits per heavy atom. The van der Waals surface area contributed by atoms with E-state index in [0.29, 0.717) is 12.2 Å². The van der Waals surface area contributed by atoms with Crippen LogP contribution in [0.2, 0.25) is 0 Å². The summed E-state index contributed by atoms with van der Waals surface area (Å²) < 4.78 is 4.69. The second-order valence-electron chi connectivity index (χ2n) is 5.70. The quantitative estimate of drug-likeness (QED) is 0.326. The van der Waals surface area contributed by atoms with Crippen LogP contribution in [0.3, 0.4) is 0 Å². The van der Waals surface area contributed by atoms with Crippen molar-refractivity contribution >= 4 is 17.6 Å².